The molecule has 0 saturated carbocycles. The van der Waals surface area contributed by atoms with Crippen LogP contribution in [0.3, 0.4) is 0 Å². The SMILES string of the molecule is CCCC/C=C(\CCCC)C(=O)OCCCC. The van der Waals surface area contributed by atoms with E-state index in [1.54, 1.807) is 0 Å². The van der Waals surface area contributed by atoms with Gasteiger partial charge in [0.15, 0.2) is 0 Å². The van der Waals surface area contributed by atoms with Crippen LogP contribution < -0.4 is 0 Å². The lowest BCUT2D eigenvalue weighted by molar-refractivity contribution is -0.139. The van der Waals surface area contributed by atoms with Crippen LogP contribution in [0.5, 0.6) is 0 Å². The van der Waals surface area contributed by atoms with Crippen molar-refractivity contribution in [3.63, 3.8) is 0 Å². The molecule has 17 heavy (non-hydrogen) atoms. The van der Waals surface area contributed by atoms with E-state index in [2.05, 4.69) is 26.8 Å². The summed E-state index contributed by atoms with van der Waals surface area (Å²) in [5.74, 6) is -0.0944. The Hall–Kier alpha value is -0.790. The molecule has 0 unspecified atom stereocenters. The van der Waals surface area contributed by atoms with Crippen molar-refractivity contribution < 1.29 is 9.53 Å². The monoisotopic (exact) mass is 240 g/mol. The second-order valence-electron chi connectivity index (χ2n) is 4.46. The zero-order valence-electron chi connectivity index (χ0n) is 11.8. The van der Waals surface area contributed by atoms with Gasteiger partial charge in [-0.25, -0.2) is 4.79 Å². The number of allylic oxidation sites excluding steroid dienone is 1. The van der Waals surface area contributed by atoms with E-state index in [9.17, 15) is 4.79 Å². The summed E-state index contributed by atoms with van der Waals surface area (Å²) in [6.07, 6.45) is 10.5. The Kier molecular flexibility index (Phi) is 11.1. The maximum absolute atomic E-state index is 11.8. The van der Waals surface area contributed by atoms with Gasteiger partial charge in [0.1, 0.15) is 0 Å². The van der Waals surface area contributed by atoms with Crippen LogP contribution in [0.1, 0.15) is 72.1 Å². The van der Waals surface area contributed by atoms with E-state index in [1.165, 1.54) is 6.42 Å². The number of esters is 1. The molecule has 0 aromatic carbocycles. The molecule has 0 radical (unpaired) electrons. The van der Waals surface area contributed by atoms with Gasteiger partial charge >= 0.3 is 5.97 Å². The Bertz CT molecular complexity index is 219. The van der Waals surface area contributed by atoms with E-state index < -0.39 is 0 Å². The summed E-state index contributed by atoms with van der Waals surface area (Å²) in [5, 5.41) is 0. The third-order valence-corrected chi connectivity index (χ3v) is 2.74. The minimum Gasteiger partial charge on any atom is -0.462 e. The zero-order valence-corrected chi connectivity index (χ0v) is 11.8. The van der Waals surface area contributed by atoms with E-state index in [-0.39, 0.29) is 5.97 Å². The number of carbonyl (C=O) groups excluding carboxylic acids is 1. The van der Waals surface area contributed by atoms with Gasteiger partial charge in [-0.2, -0.15) is 0 Å². The van der Waals surface area contributed by atoms with Crippen molar-refractivity contribution in [3.05, 3.63) is 11.6 Å². The number of hydrogen-bond acceptors (Lipinski definition) is 2. The van der Waals surface area contributed by atoms with Crippen LogP contribution in [0.25, 0.3) is 0 Å². The van der Waals surface area contributed by atoms with E-state index in [0.717, 1.165) is 50.5 Å². The van der Waals surface area contributed by atoms with Crippen LogP contribution in [-0.2, 0) is 9.53 Å². The fraction of sp³-hybridized carbons (Fsp3) is 0.800. The topological polar surface area (TPSA) is 26.3 Å². The maximum Gasteiger partial charge on any atom is 0.333 e. The number of carbonyl (C=O) groups is 1. The van der Waals surface area contributed by atoms with Gasteiger partial charge < -0.3 is 4.74 Å². The van der Waals surface area contributed by atoms with Crippen LogP contribution in [-0.4, -0.2) is 12.6 Å². The van der Waals surface area contributed by atoms with Crippen LogP contribution in [0.2, 0.25) is 0 Å². The van der Waals surface area contributed by atoms with Crippen molar-refractivity contribution in [2.45, 2.75) is 72.1 Å². The molecule has 0 heterocycles. The standard InChI is InChI=1S/C15H28O2/c1-4-7-10-12-14(11-8-5-2)15(16)17-13-9-6-3/h12H,4-11,13H2,1-3H3/b14-12+. The molecule has 0 spiro atoms. The van der Waals surface area contributed by atoms with E-state index in [0.29, 0.717) is 6.61 Å². The van der Waals surface area contributed by atoms with Crippen LogP contribution in [0.4, 0.5) is 0 Å². The molecule has 0 saturated heterocycles. The van der Waals surface area contributed by atoms with Gasteiger partial charge in [0.05, 0.1) is 6.61 Å². The average molecular weight is 240 g/mol. The molecule has 0 fully saturated rings. The lowest BCUT2D eigenvalue weighted by Gasteiger charge is -2.07. The first-order valence-corrected chi connectivity index (χ1v) is 7.12. The van der Waals surface area contributed by atoms with Crippen molar-refractivity contribution in [1.82, 2.24) is 0 Å². The molecular weight excluding hydrogens is 212 g/mol. The lowest BCUT2D eigenvalue weighted by atomic mass is 10.1. The van der Waals surface area contributed by atoms with Gasteiger partial charge in [-0.3, -0.25) is 0 Å². The second-order valence-corrected chi connectivity index (χ2v) is 4.46. The number of rotatable bonds is 10. The molecule has 2 heteroatoms. The fourth-order valence-corrected chi connectivity index (χ4v) is 1.54. The first-order valence-electron chi connectivity index (χ1n) is 7.12. The fourth-order valence-electron chi connectivity index (χ4n) is 1.54. The van der Waals surface area contributed by atoms with Gasteiger partial charge in [-0.05, 0) is 25.7 Å². The van der Waals surface area contributed by atoms with Crippen LogP contribution in [0.15, 0.2) is 11.6 Å². The Labute approximate surface area is 106 Å². The highest BCUT2D eigenvalue weighted by molar-refractivity contribution is 5.88. The highest BCUT2D eigenvalue weighted by atomic mass is 16.5. The minimum atomic E-state index is -0.0944. The Morgan fingerprint density at radius 3 is 2.24 bits per heavy atom. The molecule has 0 amide bonds. The summed E-state index contributed by atoms with van der Waals surface area (Å²) >= 11 is 0. The lowest BCUT2D eigenvalue weighted by Crippen LogP contribution is -2.09. The van der Waals surface area contributed by atoms with E-state index >= 15 is 0 Å². The van der Waals surface area contributed by atoms with Crippen molar-refractivity contribution in [2.24, 2.45) is 0 Å². The highest BCUT2D eigenvalue weighted by Crippen LogP contribution is 2.12. The summed E-state index contributed by atoms with van der Waals surface area (Å²) in [6, 6.07) is 0. The number of ether oxygens (including phenoxy) is 1. The summed E-state index contributed by atoms with van der Waals surface area (Å²) in [7, 11) is 0. The van der Waals surface area contributed by atoms with Crippen LogP contribution >= 0.6 is 0 Å². The first kappa shape index (κ1) is 16.2. The van der Waals surface area contributed by atoms with E-state index in [4.69, 9.17) is 4.74 Å². The molecule has 0 aromatic rings. The normalized spacial score (nSPS) is 11.6. The van der Waals surface area contributed by atoms with E-state index in [1.807, 2.05) is 0 Å². The van der Waals surface area contributed by atoms with Gasteiger partial charge in [-0.1, -0.05) is 52.5 Å². The van der Waals surface area contributed by atoms with Gasteiger partial charge in [0.2, 0.25) is 0 Å². The van der Waals surface area contributed by atoms with Crippen molar-refractivity contribution in [3.8, 4) is 0 Å². The second kappa shape index (κ2) is 11.7. The summed E-state index contributed by atoms with van der Waals surface area (Å²) in [4.78, 5) is 11.8. The predicted octanol–water partition coefficient (Wildman–Crippen LogP) is 4.64. The van der Waals surface area contributed by atoms with Crippen molar-refractivity contribution in [1.29, 1.82) is 0 Å². The molecule has 0 aliphatic rings. The molecule has 0 rings (SSSR count). The third-order valence-electron chi connectivity index (χ3n) is 2.74. The zero-order chi connectivity index (χ0) is 12.9. The molecule has 0 atom stereocenters. The van der Waals surface area contributed by atoms with Crippen LogP contribution in [0, 0.1) is 0 Å². The Morgan fingerprint density at radius 1 is 1.00 bits per heavy atom. The third kappa shape index (κ3) is 8.96. The average Bonchev–Trinajstić information content (AvgIpc) is 2.33. The van der Waals surface area contributed by atoms with Crippen molar-refractivity contribution >= 4 is 5.97 Å². The van der Waals surface area contributed by atoms with Gasteiger partial charge in [0.25, 0.3) is 0 Å². The molecule has 0 N–H and O–H groups in total. The summed E-state index contributed by atoms with van der Waals surface area (Å²) in [5.41, 5.74) is 0.886. The molecule has 100 valence electrons. The Balaban J connectivity index is 4.13. The minimum absolute atomic E-state index is 0.0944. The van der Waals surface area contributed by atoms with Gasteiger partial charge in [-0.15, -0.1) is 0 Å². The molecule has 0 aliphatic heterocycles. The first-order chi connectivity index (χ1) is 8.26. The number of unbranched alkanes of at least 4 members (excludes halogenated alkanes) is 4. The summed E-state index contributed by atoms with van der Waals surface area (Å²) < 4.78 is 5.27. The van der Waals surface area contributed by atoms with Crippen molar-refractivity contribution in [2.75, 3.05) is 6.61 Å². The highest BCUT2D eigenvalue weighted by Gasteiger charge is 2.09. The molecule has 2 nitrogen and oxygen atoms in total. The maximum atomic E-state index is 11.8. The molecule has 0 aliphatic carbocycles. The predicted molar refractivity (Wildman–Crippen MR) is 73.0 cm³/mol. The van der Waals surface area contributed by atoms with Gasteiger partial charge in [0, 0.05) is 5.57 Å². The largest absolute Gasteiger partial charge is 0.462 e. The molecule has 0 aromatic heterocycles. The number of hydrogen-bond donors (Lipinski definition) is 0. The molecule has 0 bridgehead atoms. The molecular formula is C15H28O2. The summed E-state index contributed by atoms with van der Waals surface area (Å²) in [6.45, 7) is 6.97. The smallest absolute Gasteiger partial charge is 0.333 e. The quantitative estimate of drug-likeness (QED) is 0.316. The Morgan fingerprint density at radius 2 is 1.65 bits per heavy atom.